The lowest BCUT2D eigenvalue weighted by Gasteiger charge is -2.23. The molecule has 78 valence electrons. The molecule has 0 aliphatic rings. The van der Waals surface area contributed by atoms with Crippen LogP contribution in [0.15, 0.2) is 16.6 Å². The molecular formula is C11H15BrClN. The van der Waals surface area contributed by atoms with E-state index in [0.717, 1.165) is 15.1 Å². The van der Waals surface area contributed by atoms with Crippen LogP contribution in [-0.4, -0.2) is 0 Å². The minimum atomic E-state index is 0.0716. The molecule has 1 aromatic rings. The summed E-state index contributed by atoms with van der Waals surface area (Å²) in [5.74, 6) is 0. The Kier molecular flexibility index (Phi) is 3.62. The molecule has 2 N–H and O–H groups in total. The van der Waals surface area contributed by atoms with Crippen molar-refractivity contribution in [2.24, 2.45) is 5.73 Å². The molecule has 0 amide bonds. The highest BCUT2D eigenvalue weighted by molar-refractivity contribution is 9.10. The van der Waals surface area contributed by atoms with E-state index in [2.05, 4.69) is 42.8 Å². The van der Waals surface area contributed by atoms with Crippen molar-refractivity contribution in [3.63, 3.8) is 0 Å². The number of rotatable bonds is 1. The van der Waals surface area contributed by atoms with Crippen LogP contribution in [0.25, 0.3) is 0 Å². The normalized spacial score (nSPS) is 11.9. The van der Waals surface area contributed by atoms with Crippen molar-refractivity contribution in [3.05, 3.63) is 32.8 Å². The van der Waals surface area contributed by atoms with Crippen LogP contribution in [0.5, 0.6) is 0 Å². The Hall–Kier alpha value is -0.0500. The molecule has 0 unspecified atom stereocenters. The Balaban J connectivity index is 3.40. The average molecular weight is 277 g/mol. The molecular weight excluding hydrogens is 261 g/mol. The Morgan fingerprint density at radius 1 is 1.36 bits per heavy atom. The average Bonchev–Trinajstić information content (AvgIpc) is 2.01. The van der Waals surface area contributed by atoms with Gasteiger partial charge in [-0.1, -0.05) is 48.3 Å². The standard InChI is InChI=1S/C11H15BrClN/c1-11(2,3)9-4-7(12)5-10(13)8(9)6-14/h4-5H,6,14H2,1-3H3. The second kappa shape index (κ2) is 4.21. The van der Waals surface area contributed by atoms with E-state index in [1.165, 1.54) is 5.56 Å². The molecule has 1 aromatic carbocycles. The summed E-state index contributed by atoms with van der Waals surface area (Å²) in [6.07, 6.45) is 0. The summed E-state index contributed by atoms with van der Waals surface area (Å²) >= 11 is 9.57. The van der Waals surface area contributed by atoms with E-state index < -0.39 is 0 Å². The van der Waals surface area contributed by atoms with E-state index in [1.807, 2.05) is 6.07 Å². The predicted octanol–water partition coefficient (Wildman–Crippen LogP) is 3.86. The third-order valence-electron chi connectivity index (χ3n) is 2.17. The Labute approximate surface area is 98.8 Å². The number of hydrogen-bond donors (Lipinski definition) is 1. The molecule has 0 radical (unpaired) electrons. The summed E-state index contributed by atoms with van der Waals surface area (Å²) in [6.45, 7) is 6.96. The highest BCUT2D eigenvalue weighted by Gasteiger charge is 2.19. The maximum atomic E-state index is 6.13. The fraction of sp³-hybridized carbons (Fsp3) is 0.455. The highest BCUT2D eigenvalue weighted by atomic mass is 79.9. The number of benzene rings is 1. The van der Waals surface area contributed by atoms with Gasteiger partial charge in [0.2, 0.25) is 0 Å². The van der Waals surface area contributed by atoms with E-state index in [9.17, 15) is 0 Å². The van der Waals surface area contributed by atoms with Gasteiger partial charge in [-0.3, -0.25) is 0 Å². The van der Waals surface area contributed by atoms with E-state index in [4.69, 9.17) is 17.3 Å². The largest absolute Gasteiger partial charge is 0.326 e. The Bertz CT molecular complexity index is 342. The minimum absolute atomic E-state index is 0.0716. The number of nitrogens with two attached hydrogens (primary N) is 1. The van der Waals surface area contributed by atoms with Crippen LogP contribution in [0.3, 0.4) is 0 Å². The van der Waals surface area contributed by atoms with Gasteiger partial charge >= 0.3 is 0 Å². The van der Waals surface area contributed by atoms with Crippen LogP contribution in [0.2, 0.25) is 5.02 Å². The maximum Gasteiger partial charge on any atom is 0.0465 e. The van der Waals surface area contributed by atoms with Gasteiger partial charge in [0.25, 0.3) is 0 Å². The molecule has 1 rings (SSSR count). The molecule has 0 saturated heterocycles. The lowest BCUT2D eigenvalue weighted by atomic mass is 9.84. The van der Waals surface area contributed by atoms with Gasteiger partial charge in [-0.2, -0.15) is 0 Å². The number of hydrogen-bond acceptors (Lipinski definition) is 1. The second-order valence-electron chi connectivity index (χ2n) is 4.37. The summed E-state index contributed by atoms with van der Waals surface area (Å²) in [4.78, 5) is 0. The van der Waals surface area contributed by atoms with Crippen LogP contribution in [0, 0.1) is 0 Å². The van der Waals surface area contributed by atoms with Crippen LogP contribution in [-0.2, 0) is 12.0 Å². The van der Waals surface area contributed by atoms with Gasteiger partial charge in [-0.05, 0) is 28.7 Å². The van der Waals surface area contributed by atoms with Crippen LogP contribution < -0.4 is 5.73 Å². The van der Waals surface area contributed by atoms with Gasteiger partial charge < -0.3 is 5.73 Å². The fourth-order valence-corrected chi connectivity index (χ4v) is 2.37. The van der Waals surface area contributed by atoms with Crippen molar-refractivity contribution in [1.82, 2.24) is 0 Å². The monoisotopic (exact) mass is 275 g/mol. The Morgan fingerprint density at radius 2 is 1.93 bits per heavy atom. The van der Waals surface area contributed by atoms with Crippen molar-refractivity contribution >= 4 is 27.5 Å². The first-order valence-corrected chi connectivity index (χ1v) is 5.72. The minimum Gasteiger partial charge on any atom is -0.326 e. The lowest BCUT2D eigenvalue weighted by Crippen LogP contribution is -2.16. The van der Waals surface area contributed by atoms with E-state index in [-0.39, 0.29) is 5.41 Å². The smallest absolute Gasteiger partial charge is 0.0465 e. The zero-order valence-corrected chi connectivity index (χ0v) is 11.0. The zero-order valence-electron chi connectivity index (χ0n) is 8.70. The molecule has 0 spiro atoms. The summed E-state index contributed by atoms with van der Waals surface area (Å²) in [7, 11) is 0. The van der Waals surface area contributed by atoms with Gasteiger partial charge in [0.15, 0.2) is 0 Å². The predicted molar refractivity (Wildman–Crippen MR) is 65.7 cm³/mol. The molecule has 0 aliphatic heterocycles. The van der Waals surface area contributed by atoms with E-state index in [1.54, 1.807) is 0 Å². The summed E-state index contributed by atoms with van der Waals surface area (Å²) in [5.41, 5.74) is 8.02. The van der Waals surface area contributed by atoms with Gasteiger partial charge in [0, 0.05) is 16.0 Å². The first-order valence-electron chi connectivity index (χ1n) is 4.54. The van der Waals surface area contributed by atoms with Gasteiger partial charge in [0.05, 0.1) is 0 Å². The summed E-state index contributed by atoms with van der Waals surface area (Å²) in [5, 5.41) is 0.742. The topological polar surface area (TPSA) is 26.0 Å². The van der Waals surface area contributed by atoms with Crippen molar-refractivity contribution in [1.29, 1.82) is 0 Å². The quantitative estimate of drug-likeness (QED) is 0.828. The summed E-state index contributed by atoms with van der Waals surface area (Å²) in [6, 6.07) is 3.98. The summed E-state index contributed by atoms with van der Waals surface area (Å²) < 4.78 is 1.00. The molecule has 14 heavy (non-hydrogen) atoms. The second-order valence-corrected chi connectivity index (χ2v) is 5.69. The van der Waals surface area contributed by atoms with Crippen molar-refractivity contribution < 1.29 is 0 Å². The third-order valence-corrected chi connectivity index (χ3v) is 2.97. The Morgan fingerprint density at radius 3 is 2.36 bits per heavy atom. The molecule has 0 atom stereocenters. The van der Waals surface area contributed by atoms with Crippen LogP contribution >= 0.6 is 27.5 Å². The van der Waals surface area contributed by atoms with Crippen LogP contribution in [0.1, 0.15) is 31.9 Å². The lowest BCUT2D eigenvalue weighted by molar-refractivity contribution is 0.582. The van der Waals surface area contributed by atoms with E-state index in [0.29, 0.717) is 6.54 Å². The fourth-order valence-electron chi connectivity index (χ4n) is 1.48. The molecule has 0 bridgehead atoms. The molecule has 0 fully saturated rings. The molecule has 1 nitrogen and oxygen atoms in total. The molecule has 0 heterocycles. The third kappa shape index (κ3) is 2.50. The highest BCUT2D eigenvalue weighted by Crippen LogP contribution is 2.33. The van der Waals surface area contributed by atoms with Crippen LogP contribution in [0.4, 0.5) is 0 Å². The zero-order chi connectivity index (χ0) is 10.9. The molecule has 0 aliphatic carbocycles. The number of halogens is 2. The van der Waals surface area contributed by atoms with Crippen molar-refractivity contribution in [2.45, 2.75) is 32.7 Å². The van der Waals surface area contributed by atoms with Gasteiger partial charge in [-0.25, -0.2) is 0 Å². The van der Waals surface area contributed by atoms with Crippen molar-refractivity contribution in [2.75, 3.05) is 0 Å². The first kappa shape index (κ1) is 12.0. The SMILES string of the molecule is CC(C)(C)c1cc(Br)cc(Cl)c1CN. The molecule has 0 saturated carbocycles. The van der Waals surface area contributed by atoms with Gasteiger partial charge in [-0.15, -0.1) is 0 Å². The van der Waals surface area contributed by atoms with Crippen molar-refractivity contribution in [3.8, 4) is 0 Å². The first-order chi connectivity index (χ1) is 6.36. The van der Waals surface area contributed by atoms with Gasteiger partial charge in [0.1, 0.15) is 0 Å². The molecule has 0 aromatic heterocycles. The van der Waals surface area contributed by atoms with E-state index >= 15 is 0 Å². The molecule has 3 heteroatoms. The maximum absolute atomic E-state index is 6.13.